The predicted molar refractivity (Wildman–Crippen MR) is 74.7 cm³/mol. The Kier molecular flexibility index (Phi) is 4.30. The molecule has 0 aliphatic rings. The van der Waals surface area contributed by atoms with E-state index in [-0.39, 0.29) is 6.42 Å². The molecule has 1 heterocycles. The third kappa shape index (κ3) is 3.32. The molecule has 5 heteroatoms. The van der Waals surface area contributed by atoms with Crippen molar-refractivity contribution in [1.82, 2.24) is 9.97 Å². The van der Waals surface area contributed by atoms with Gasteiger partial charge in [0.05, 0.1) is 7.11 Å². The van der Waals surface area contributed by atoms with Crippen LogP contribution in [0.25, 0.3) is 11.4 Å². The Bertz CT molecular complexity index is 626. The number of benzene rings is 1. The zero-order valence-corrected chi connectivity index (χ0v) is 11.5. The first kappa shape index (κ1) is 14.0. The highest BCUT2D eigenvalue weighted by molar-refractivity contribution is 5.67. The Hall–Kier alpha value is -2.43. The second-order valence-electron chi connectivity index (χ2n) is 4.49. The van der Waals surface area contributed by atoms with Gasteiger partial charge < -0.3 is 9.84 Å². The standard InChI is InChI=1S/C15H16N2O3/c1-10-4-3-5-11(8-10)14-16-9-12(6-7-13(18)19)15(17-14)20-2/h3-5,8-9H,6-7H2,1-2H3,(H,18,19). The minimum absolute atomic E-state index is 0.0313. The van der Waals surface area contributed by atoms with Gasteiger partial charge in [0, 0.05) is 23.7 Å². The van der Waals surface area contributed by atoms with Crippen LogP contribution in [0.4, 0.5) is 0 Å². The van der Waals surface area contributed by atoms with Crippen molar-refractivity contribution in [2.24, 2.45) is 0 Å². The summed E-state index contributed by atoms with van der Waals surface area (Å²) in [7, 11) is 1.52. The van der Waals surface area contributed by atoms with E-state index >= 15 is 0 Å². The summed E-state index contributed by atoms with van der Waals surface area (Å²) in [6.45, 7) is 2.00. The summed E-state index contributed by atoms with van der Waals surface area (Å²) >= 11 is 0. The first-order valence-corrected chi connectivity index (χ1v) is 6.29. The topological polar surface area (TPSA) is 72.3 Å². The van der Waals surface area contributed by atoms with Crippen molar-refractivity contribution < 1.29 is 14.6 Å². The number of hydrogen-bond donors (Lipinski definition) is 1. The minimum Gasteiger partial charge on any atom is -0.481 e. The number of aliphatic carboxylic acids is 1. The Morgan fingerprint density at radius 1 is 1.40 bits per heavy atom. The highest BCUT2D eigenvalue weighted by Crippen LogP contribution is 2.22. The molecule has 0 aliphatic heterocycles. The Morgan fingerprint density at radius 3 is 2.85 bits per heavy atom. The number of ether oxygens (including phenoxy) is 1. The Morgan fingerprint density at radius 2 is 2.20 bits per heavy atom. The van der Waals surface area contributed by atoms with Gasteiger partial charge in [-0.05, 0) is 19.4 Å². The molecular weight excluding hydrogens is 256 g/mol. The smallest absolute Gasteiger partial charge is 0.303 e. The Balaban J connectivity index is 2.31. The second-order valence-corrected chi connectivity index (χ2v) is 4.49. The maximum absolute atomic E-state index is 10.6. The molecule has 2 aromatic rings. The van der Waals surface area contributed by atoms with Crippen LogP contribution < -0.4 is 4.74 Å². The number of hydrogen-bond acceptors (Lipinski definition) is 4. The molecule has 0 bridgehead atoms. The van der Waals surface area contributed by atoms with Crippen molar-refractivity contribution >= 4 is 5.97 Å². The summed E-state index contributed by atoms with van der Waals surface area (Å²) < 4.78 is 5.23. The van der Waals surface area contributed by atoms with Gasteiger partial charge in [0.15, 0.2) is 5.82 Å². The molecule has 0 fully saturated rings. The first-order valence-electron chi connectivity index (χ1n) is 6.29. The number of aromatic nitrogens is 2. The zero-order valence-electron chi connectivity index (χ0n) is 11.5. The summed E-state index contributed by atoms with van der Waals surface area (Å²) in [4.78, 5) is 19.3. The molecule has 0 amide bonds. The average molecular weight is 272 g/mol. The molecule has 104 valence electrons. The number of nitrogens with zero attached hydrogens (tertiary/aromatic N) is 2. The SMILES string of the molecule is COc1nc(-c2cccc(C)c2)ncc1CCC(=O)O. The summed E-state index contributed by atoms with van der Waals surface area (Å²) in [6, 6.07) is 7.87. The number of methoxy groups -OCH3 is 1. The lowest BCUT2D eigenvalue weighted by atomic mass is 10.1. The van der Waals surface area contributed by atoms with Crippen molar-refractivity contribution in [2.75, 3.05) is 7.11 Å². The molecule has 0 spiro atoms. The van der Waals surface area contributed by atoms with E-state index in [4.69, 9.17) is 9.84 Å². The highest BCUT2D eigenvalue weighted by Gasteiger charge is 2.10. The molecule has 0 radical (unpaired) electrons. The van der Waals surface area contributed by atoms with Crippen molar-refractivity contribution in [3.63, 3.8) is 0 Å². The van der Waals surface area contributed by atoms with Crippen LogP contribution >= 0.6 is 0 Å². The van der Waals surface area contributed by atoms with E-state index < -0.39 is 5.97 Å². The predicted octanol–water partition coefficient (Wildman–Crippen LogP) is 2.48. The van der Waals surface area contributed by atoms with Gasteiger partial charge in [0.1, 0.15) is 0 Å². The molecule has 5 nitrogen and oxygen atoms in total. The summed E-state index contributed by atoms with van der Waals surface area (Å²) in [5, 5.41) is 8.72. The molecule has 0 aliphatic carbocycles. The number of carboxylic acid groups (broad SMARTS) is 1. The summed E-state index contributed by atoms with van der Waals surface area (Å²) in [5.74, 6) is 0.150. The number of aryl methyl sites for hydroxylation is 2. The van der Waals surface area contributed by atoms with Crippen LogP contribution in [-0.2, 0) is 11.2 Å². The van der Waals surface area contributed by atoms with Gasteiger partial charge in [0.2, 0.25) is 5.88 Å². The fourth-order valence-electron chi connectivity index (χ4n) is 1.90. The van der Waals surface area contributed by atoms with E-state index in [9.17, 15) is 4.79 Å². The molecule has 0 unspecified atom stereocenters. The van der Waals surface area contributed by atoms with Gasteiger partial charge in [-0.25, -0.2) is 4.98 Å². The van der Waals surface area contributed by atoms with Gasteiger partial charge in [-0.2, -0.15) is 4.98 Å². The lowest BCUT2D eigenvalue weighted by Gasteiger charge is -2.08. The fraction of sp³-hybridized carbons (Fsp3) is 0.267. The Labute approximate surface area is 117 Å². The second kappa shape index (κ2) is 6.14. The zero-order chi connectivity index (χ0) is 14.5. The normalized spacial score (nSPS) is 10.3. The molecule has 2 rings (SSSR count). The van der Waals surface area contributed by atoms with Gasteiger partial charge >= 0.3 is 5.97 Å². The average Bonchev–Trinajstić information content (AvgIpc) is 2.44. The third-order valence-electron chi connectivity index (χ3n) is 2.90. The maximum Gasteiger partial charge on any atom is 0.303 e. The van der Waals surface area contributed by atoms with Crippen LogP contribution in [0.5, 0.6) is 5.88 Å². The number of rotatable bonds is 5. The molecule has 0 saturated heterocycles. The molecule has 1 N–H and O–H groups in total. The van der Waals surface area contributed by atoms with Crippen molar-refractivity contribution in [3.05, 3.63) is 41.6 Å². The maximum atomic E-state index is 10.6. The number of carboxylic acids is 1. The molecular formula is C15H16N2O3. The van der Waals surface area contributed by atoms with Crippen LogP contribution in [0.1, 0.15) is 17.5 Å². The monoisotopic (exact) mass is 272 g/mol. The van der Waals surface area contributed by atoms with E-state index in [0.717, 1.165) is 11.1 Å². The first-order chi connectivity index (χ1) is 9.60. The van der Waals surface area contributed by atoms with Crippen molar-refractivity contribution in [1.29, 1.82) is 0 Å². The van der Waals surface area contributed by atoms with E-state index in [1.807, 2.05) is 31.2 Å². The molecule has 0 saturated carbocycles. The van der Waals surface area contributed by atoms with Gasteiger partial charge in [-0.3, -0.25) is 4.79 Å². The van der Waals surface area contributed by atoms with Crippen LogP contribution in [0.2, 0.25) is 0 Å². The van der Waals surface area contributed by atoms with Crippen LogP contribution in [0, 0.1) is 6.92 Å². The molecule has 20 heavy (non-hydrogen) atoms. The van der Waals surface area contributed by atoms with Crippen molar-refractivity contribution in [2.45, 2.75) is 19.8 Å². The molecule has 1 aromatic heterocycles. The van der Waals surface area contributed by atoms with E-state index in [0.29, 0.717) is 23.7 Å². The van der Waals surface area contributed by atoms with E-state index in [1.54, 1.807) is 6.20 Å². The third-order valence-corrected chi connectivity index (χ3v) is 2.90. The number of carbonyl (C=O) groups is 1. The van der Waals surface area contributed by atoms with Crippen molar-refractivity contribution in [3.8, 4) is 17.3 Å². The summed E-state index contributed by atoms with van der Waals surface area (Å²) in [6.07, 6.45) is 2.02. The van der Waals surface area contributed by atoms with Gasteiger partial charge in [0.25, 0.3) is 0 Å². The van der Waals surface area contributed by atoms with Crippen LogP contribution in [0.15, 0.2) is 30.5 Å². The highest BCUT2D eigenvalue weighted by atomic mass is 16.5. The largest absolute Gasteiger partial charge is 0.481 e. The van der Waals surface area contributed by atoms with Crippen LogP contribution in [-0.4, -0.2) is 28.2 Å². The lowest BCUT2D eigenvalue weighted by Crippen LogP contribution is -2.03. The minimum atomic E-state index is -0.852. The van der Waals surface area contributed by atoms with E-state index in [1.165, 1.54) is 7.11 Å². The quantitative estimate of drug-likeness (QED) is 0.905. The molecule has 0 atom stereocenters. The summed E-state index contributed by atoms with van der Waals surface area (Å²) in [5.41, 5.74) is 2.74. The van der Waals surface area contributed by atoms with Gasteiger partial charge in [-0.1, -0.05) is 23.8 Å². The van der Waals surface area contributed by atoms with E-state index in [2.05, 4.69) is 9.97 Å². The van der Waals surface area contributed by atoms with Crippen LogP contribution in [0.3, 0.4) is 0 Å². The molecule has 1 aromatic carbocycles. The van der Waals surface area contributed by atoms with Gasteiger partial charge in [-0.15, -0.1) is 0 Å². The fourth-order valence-corrected chi connectivity index (χ4v) is 1.90. The lowest BCUT2D eigenvalue weighted by molar-refractivity contribution is -0.136.